The molecule has 3 rings (SSSR count). The van der Waals surface area contributed by atoms with Gasteiger partial charge in [-0.15, -0.1) is 0 Å². The van der Waals surface area contributed by atoms with Crippen LogP contribution in [0.1, 0.15) is 5.56 Å². The number of ether oxygens (including phenoxy) is 1. The van der Waals surface area contributed by atoms with E-state index in [1.54, 1.807) is 12.2 Å². The number of anilines is 1. The van der Waals surface area contributed by atoms with Crippen molar-refractivity contribution in [3.05, 3.63) is 48.1 Å². The Morgan fingerprint density at radius 2 is 1.96 bits per heavy atom. The number of imide groups is 1. The number of amides is 3. The van der Waals surface area contributed by atoms with E-state index in [1.807, 2.05) is 0 Å². The number of hydrogen-bond acceptors (Lipinski definition) is 3. The normalized spacial score (nSPS) is 20.1. The number of aliphatic imine (C=N–C) groups is 1. The highest BCUT2D eigenvalue weighted by molar-refractivity contribution is 6.30. The molecule has 0 saturated carbocycles. The number of carbonyl (C=O) groups excluding carboxylic acids is 2. The van der Waals surface area contributed by atoms with Crippen molar-refractivity contribution in [2.45, 2.75) is 6.18 Å². The third-order valence-corrected chi connectivity index (χ3v) is 3.65. The van der Waals surface area contributed by atoms with Gasteiger partial charge in [0.1, 0.15) is 5.75 Å². The van der Waals surface area contributed by atoms with E-state index in [2.05, 4.69) is 4.99 Å². The minimum absolute atomic E-state index is 0.205. The minimum atomic E-state index is -4.69. The average molecular weight is 336 g/mol. The van der Waals surface area contributed by atoms with Gasteiger partial charge < -0.3 is 4.74 Å². The maximum absolute atomic E-state index is 13.1. The summed E-state index contributed by atoms with van der Waals surface area (Å²) in [5.41, 5.74) is -1.01. The topological polar surface area (TPSA) is 59.0 Å². The van der Waals surface area contributed by atoms with E-state index >= 15 is 0 Å². The molecule has 1 aliphatic heterocycles. The zero-order chi connectivity index (χ0) is 17.5. The molecule has 1 unspecified atom stereocenters. The number of carbonyl (C=O) groups is 2. The van der Waals surface area contributed by atoms with Gasteiger partial charge >= 0.3 is 12.2 Å². The smallest absolute Gasteiger partial charge is 0.420 e. The molecule has 5 nitrogen and oxygen atoms in total. The molecule has 1 aliphatic carbocycles. The Labute approximate surface area is 134 Å². The Balaban J connectivity index is 2.08. The van der Waals surface area contributed by atoms with Gasteiger partial charge in [0.25, 0.3) is 0 Å². The summed E-state index contributed by atoms with van der Waals surface area (Å²) in [4.78, 5) is 29.1. The number of rotatable bonds is 2. The molecular weight excluding hydrogens is 325 g/mol. The van der Waals surface area contributed by atoms with Crippen LogP contribution in [0.3, 0.4) is 0 Å². The van der Waals surface area contributed by atoms with Crippen molar-refractivity contribution in [3.63, 3.8) is 0 Å². The van der Waals surface area contributed by atoms with Crippen LogP contribution in [0.2, 0.25) is 0 Å². The van der Waals surface area contributed by atoms with Gasteiger partial charge in [-0.2, -0.15) is 18.2 Å². The summed E-state index contributed by atoms with van der Waals surface area (Å²) in [6.07, 6.45) is 1.61. The quantitative estimate of drug-likeness (QED) is 0.832. The zero-order valence-corrected chi connectivity index (χ0v) is 12.4. The molecule has 24 heavy (non-hydrogen) atoms. The van der Waals surface area contributed by atoms with Crippen molar-refractivity contribution >= 4 is 23.3 Å². The molecule has 1 atom stereocenters. The zero-order valence-electron chi connectivity index (χ0n) is 12.4. The third kappa shape index (κ3) is 2.60. The van der Waals surface area contributed by atoms with Crippen molar-refractivity contribution < 1.29 is 27.5 Å². The van der Waals surface area contributed by atoms with Gasteiger partial charge in [0, 0.05) is 0 Å². The van der Waals surface area contributed by atoms with Crippen molar-refractivity contribution in [2.24, 2.45) is 10.9 Å². The second kappa shape index (κ2) is 5.63. The van der Waals surface area contributed by atoms with Gasteiger partial charge in [0.2, 0.25) is 5.91 Å². The summed E-state index contributed by atoms with van der Waals surface area (Å²) < 4.78 is 44.1. The standard InChI is InChI=1S/C16H11F3N2O3/c1-24-13-7-6-9(8-11(13)16(17,18)19)21-14(22)10-4-2-3-5-12(10)20-15(21)23/h2-8,10H,1H3. The van der Waals surface area contributed by atoms with Crippen molar-refractivity contribution in [2.75, 3.05) is 12.0 Å². The summed E-state index contributed by atoms with van der Waals surface area (Å²) >= 11 is 0. The van der Waals surface area contributed by atoms with Crippen LogP contribution in [-0.4, -0.2) is 24.8 Å². The fourth-order valence-electron chi connectivity index (χ4n) is 2.54. The summed E-state index contributed by atoms with van der Waals surface area (Å²) in [7, 11) is 1.11. The van der Waals surface area contributed by atoms with Crippen LogP contribution < -0.4 is 9.64 Å². The first-order valence-corrected chi connectivity index (χ1v) is 6.89. The van der Waals surface area contributed by atoms with Crippen LogP contribution in [0.4, 0.5) is 23.7 Å². The van der Waals surface area contributed by atoms with Crippen molar-refractivity contribution in [1.82, 2.24) is 0 Å². The number of alkyl halides is 3. The Bertz CT molecular complexity index is 809. The first-order chi connectivity index (χ1) is 11.3. The fraction of sp³-hybridized carbons (Fsp3) is 0.188. The van der Waals surface area contributed by atoms with Gasteiger partial charge in [0.15, 0.2) is 0 Å². The number of urea groups is 1. The van der Waals surface area contributed by atoms with Gasteiger partial charge in [0.05, 0.1) is 30.0 Å². The lowest BCUT2D eigenvalue weighted by molar-refractivity contribution is -0.138. The predicted octanol–water partition coefficient (Wildman–Crippen LogP) is 3.36. The molecule has 0 spiro atoms. The first kappa shape index (κ1) is 16.0. The molecule has 1 heterocycles. The number of halogens is 3. The molecule has 0 N–H and O–H groups in total. The second-order valence-electron chi connectivity index (χ2n) is 5.10. The maximum Gasteiger partial charge on any atom is 0.420 e. The molecule has 0 saturated heterocycles. The summed E-state index contributed by atoms with van der Waals surface area (Å²) in [6.45, 7) is 0. The monoisotopic (exact) mass is 336 g/mol. The number of benzene rings is 1. The summed E-state index contributed by atoms with van der Waals surface area (Å²) in [5, 5.41) is 0. The SMILES string of the molecule is COc1ccc(N2C(=O)N=C3C=CC=CC3C2=O)cc1C(F)(F)F. The average Bonchev–Trinajstić information content (AvgIpc) is 2.54. The van der Waals surface area contributed by atoms with Crippen LogP contribution in [0, 0.1) is 5.92 Å². The highest BCUT2D eigenvalue weighted by atomic mass is 19.4. The Kier molecular flexibility index (Phi) is 3.75. The van der Waals surface area contributed by atoms with Gasteiger partial charge in [-0.1, -0.05) is 18.2 Å². The van der Waals surface area contributed by atoms with Crippen molar-refractivity contribution in [3.8, 4) is 5.75 Å². The van der Waals surface area contributed by atoms with Crippen LogP contribution in [-0.2, 0) is 11.0 Å². The van der Waals surface area contributed by atoms with E-state index in [-0.39, 0.29) is 11.4 Å². The minimum Gasteiger partial charge on any atom is -0.496 e. The lowest BCUT2D eigenvalue weighted by atomic mass is 9.95. The first-order valence-electron chi connectivity index (χ1n) is 6.89. The van der Waals surface area contributed by atoms with Crippen LogP contribution in [0.25, 0.3) is 0 Å². The van der Waals surface area contributed by atoms with E-state index in [4.69, 9.17) is 4.74 Å². The Morgan fingerprint density at radius 1 is 1.21 bits per heavy atom. The predicted molar refractivity (Wildman–Crippen MR) is 80.1 cm³/mol. The Hall–Kier alpha value is -2.90. The van der Waals surface area contributed by atoms with Gasteiger partial charge in [-0.25, -0.2) is 9.69 Å². The molecule has 2 aliphatic rings. The van der Waals surface area contributed by atoms with E-state index in [0.717, 1.165) is 13.2 Å². The van der Waals surface area contributed by atoms with E-state index < -0.39 is 35.3 Å². The number of fused-ring (bicyclic) bond motifs is 1. The number of allylic oxidation sites excluding steroid dienone is 3. The number of methoxy groups -OCH3 is 1. The second-order valence-corrected chi connectivity index (χ2v) is 5.10. The van der Waals surface area contributed by atoms with Crippen LogP contribution >= 0.6 is 0 Å². The molecule has 3 amide bonds. The highest BCUT2D eigenvalue weighted by Crippen LogP contribution is 2.39. The summed E-state index contributed by atoms with van der Waals surface area (Å²) in [6, 6.07) is 2.06. The van der Waals surface area contributed by atoms with Gasteiger partial charge in [-0.05, 0) is 24.3 Å². The number of hydrogen-bond donors (Lipinski definition) is 0. The van der Waals surface area contributed by atoms with Crippen molar-refractivity contribution in [1.29, 1.82) is 0 Å². The molecule has 0 fully saturated rings. The van der Waals surface area contributed by atoms with E-state index in [9.17, 15) is 22.8 Å². The van der Waals surface area contributed by atoms with Gasteiger partial charge in [-0.3, -0.25) is 4.79 Å². The highest BCUT2D eigenvalue weighted by Gasteiger charge is 2.39. The molecule has 0 aromatic heterocycles. The Morgan fingerprint density at radius 3 is 2.62 bits per heavy atom. The lowest BCUT2D eigenvalue weighted by Crippen LogP contribution is -2.46. The van der Waals surface area contributed by atoms with E-state index in [1.165, 1.54) is 18.2 Å². The fourth-order valence-corrected chi connectivity index (χ4v) is 2.54. The lowest BCUT2D eigenvalue weighted by Gasteiger charge is -2.28. The molecule has 1 aromatic carbocycles. The molecular formula is C16H11F3N2O3. The van der Waals surface area contributed by atoms with Crippen LogP contribution in [0.15, 0.2) is 47.5 Å². The molecule has 8 heteroatoms. The molecule has 0 bridgehead atoms. The third-order valence-electron chi connectivity index (χ3n) is 3.65. The largest absolute Gasteiger partial charge is 0.496 e. The molecule has 1 aromatic rings. The maximum atomic E-state index is 13.1. The summed E-state index contributed by atoms with van der Waals surface area (Å²) in [5.74, 6) is -1.83. The van der Waals surface area contributed by atoms with E-state index in [0.29, 0.717) is 11.0 Å². The molecule has 0 radical (unpaired) electrons. The molecule has 124 valence electrons. The number of nitrogens with zero attached hydrogens (tertiary/aromatic N) is 2. The van der Waals surface area contributed by atoms with Crippen LogP contribution in [0.5, 0.6) is 5.75 Å².